The fourth-order valence-electron chi connectivity index (χ4n) is 2.57. The molecule has 0 unspecified atom stereocenters. The molecule has 3 rings (SSSR count). The van der Waals surface area contributed by atoms with E-state index in [2.05, 4.69) is 0 Å². The number of ether oxygens (including phenoxy) is 2. The lowest BCUT2D eigenvalue weighted by molar-refractivity contribution is 0.00578. The van der Waals surface area contributed by atoms with E-state index in [4.69, 9.17) is 18.8 Å². The van der Waals surface area contributed by atoms with E-state index in [1.807, 2.05) is 52.0 Å². The van der Waals surface area contributed by atoms with E-state index in [9.17, 15) is 4.39 Å². The highest BCUT2D eigenvalue weighted by molar-refractivity contribution is 6.53. The number of hydrogen-bond acceptors (Lipinski definition) is 4. The van der Waals surface area contributed by atoms with E-state index < -0.39 is 24.0 Å². The lowest BCUT2D eigenvalue weighted by Crippen LogP contribution is -2.41. The minimum Gasteiger partial charge on any atom is -0.497 e. The van der Waals surface area contributed by atoms with Gasteiger partial charge >= 0.3 is 7.12 Å². The topological polar surface area (TPSA) is 36.9 Å². The van der Waals surface area contributed by atoms with Crippen molar-refractivity contribution in [3.05, 3.63) is 41.1 Å². The predicted octanol–water partition coefficient (Wildman–Crippen LogP) is 3.96. The van der Waals surface area contributed by atoms with Gasteiger partial charge in [-0.1, -0.05) is 0 Å². The minimum atomic E-state index is -0.992. The van der Waals surface area contributed by atoms with Crippen LogP contribution in [-0.4, -0.2) is 32.0 Å². The molecule has 1 aromatic rings. The molecule has 2 heterocycles. The van der Waals surface area contributed by atoms with E-state index in [-0.39, 0.29) is 6.61 Å². The molecule has 2 aliphatic heterocycles. The summed E-state index contributed by atoms with van der Waals surface area (Å²) in [6.45, 7) is 7.87. The minimum absolute atomic E-state index is 0.285. The third-order valence-electron chi connectivity index (χ3n) is 4.76. The average molecular weight is 332 g/mol. The Kier molecular flexibility index (Phi) is 4.22. The van der Waals surface area contributed by atoms with Gasteiger partial charge < -0.3 is 18.8 Å². The number of hydrogen-bond donors (Lipinski definition) is 0. The Bertz CT molecular complexity index is 693. The van der Waals surface area contributed by atoms with Crippen molar-refractivity contribution in [1.82, 2.24) is 0 Å². The Hall–Kier alpha value is -1.79. The summed E-state index contributed by atoms with van der Waals surface area (Å²) in [5.41, 5.74) is 0.0164. The van der Waals surface area contributed by atoms with Crippen LogP contribution >= 0.6 is 0 Å². The second-order valence-electron chi connectivity index (χ2n) is 7.03. The van der Waals surface area contributed by atoms with Gasteiger partial charge in [0.1, 0.15) is 23.8 Å². The zero-order valence-corrected chi connectivity index (χ0v) is 14.7. The third kappa shape index (κ3) is 3.08. The Morgan fingerprint density at radius 2 is 1.88 bits per heavy atom. The molecule has 0 bridgehead atoms. The second-order valence-corrected chi connectivity index (χ2v) is 7.03. The van der Waals surface area contributed by atoms with Gasteiger partial charge in [0.25, 0.3) is 0 Å². The molecule has 1 aromatic carbocycles. The number of rotatable bonds is 3. The van der Waals surface area contributed by atoms with Crippen molar-refractivity contribution in [2.45, 2.75) is 38.9 Å². The average Bonchev–Trinajstić information content (AvgIpc) is 2.75. The lowest BCUT2D eigenvalue weighted by atomic mass is 9.86. The quantitative estimate of drug-likeness (QED) is 0.785. The van der Waals surface area contributed by atoms with Gasteiger partial charge in [-0.15, -0.1) is 0 Å². The van der Waals surface area contributed by atoms with E-state index >= 15 is 0 Å². The summed E-state index contributed by atoms with van der Waals surface area (Å²) in [6.07, 6.45) is 3.32. The van der Waals surface area contributed by atoms with Gasteiger partial charge in [-0.2, -0.15) is 0 Å². The van der Waals surface area contributed by atoms with Crippen molar-refractivity contribution in [3.63, 3.8) is 0 Å². The number of fused-ring (bicyclic) bond motifs is 1. The first-order valence-electron chi connectivity index (χ1n) is 7.96. The molecule has 0 radical (unpaired) electrons. The normalized spacial score (nSPS) is 21.8. The van der Waals surface area contributed by atoms with Gasteiger partial charge in [0.05, 0.1) is 18.3 Å². The summed E-state index contributed by atoms with van der Waals surface area (Å²) in [6, 6.07) is 5.54. The molecule has 0 aliphatic carbocycles. The highest BCUT2D eigenvalue weighted by Gasteiger charge is 2.53. The van der Waals surface area contributed by atoms with Crippen molar-refractivity contribution < 1.29 is 23.2 Å². The molecule has 0 saturated carbocycles. The standard InChI is InChI=1S/C18H22BFO4/c1-17(2)18(3,4)24-19(23-17)16(20)9-12-8-13-6-7-14(21-5)10-15(13)22-11-12/h6-10H,11H2,1-5H3. The van der Waals surface area contributed by atoms with Gasteiger partial charge in [0.2, 0.25) is 0 Å². The van der Waals surface area contributed by atoms with Crippen LogP contribution in [0.3, 0.4) is 0 Å². The Morgan fingerprint density at radius 3 is 2.50 bits per heavy atom. The van der Waals surface area contributed by atoms with Crippen LogP contribution in [0.1, 0.15) is 33.3 Å². The molecule has 1 fully saturated rings. The lowest BCUT2D eigenvalue weighted by Gasteiger charge is -2.32. The van der Waals surface area contributed by atoms with Crippen LogP contribution in [0, 0.1) is 0 Å². The third-order valence-corrected chi connectivity index (χ3v) is 4.76. The van der Waals surface area contributed by atoms with Crippen LogP contribution in [0.15, 0.2) is 35.6 Å². The number of methoxy groups -OCH3 is 1. The van der Waals surface area contributed by atoms with Gasteiger partial charge in [0, 0.05) is 11.6 Å². The first kappa shape index (κ1) is 17.1. The Labute approximate surface area is 142 Å². The van der Waals surface area contributed by atoms with E-state index in [1.54, 1.807) is 7.11 Å². The van der Waals surface area contributed by atoms with Gasteiger partial charge in [-0.3, -0.25) is 0 Å². The molecule has 0 atom stereocenters. The first-order chi connectivity index (χ1) is 11.2. The second kappa shape index (κ2) is 5.94. The fourth-order valence-corrected chi connectivity index (χ4v) is 2.57. The molecule has 2 aliphatic rings. The maximum Gasteiger partial charge on any atom is 0.525 e. The smallest absolute Gasteiger partial charge is 0.497 e. The van der Waals surface area contributed by atoms with Crippen molar-refractivity contribution in [1.29, 1.82) is 0 Å². The molecule has 0 amide bonds. The van der Waals surface area contributed by atoms with E-state index in [0.29, 0.717) is 0 Å². The SMILES string of the molecule is COc1ccc2c(c1)OCC(C=C(F)B1OC(C)(C)C(C)(C)O1)=C2. The van der Waals surface area contributed by atoms with Crippen LogP contribution in [0.4, 0.5) is 4.39 Å². The molecule has 0 N–H and O–H groups in total. The molecule has 0 aromatic heterocycles. The highest BCUT2D eigenvalue weighted by Crippen LogP contribution is 2.39. The van der Waals surface area contributed by atoms with Crippen molar-refractivity contribution in [2.75, 3.05) is 13.7 Å². The van der Waals surface area contributed by atoms with Crippen LogP contribution < -0.4 is 9.47 Å². The van der Waals surface area contributed by atoms with Gasteiger partial charge in [0.15, 0.2) is 0 Å². The maximum absolute atomic E-state index is 14.6. The largest absolute Gasteiger partial charge is 0.525 e. The molecule has 1 saturated heterocycles. The molecule has 6 heteroatoms. The molecule has 0 spiro atoms. The van der Waals surface area contributed by atoms with E-state index in [0.717, 1.165) is 22.6 Å². The molecule has 4 nitrogen and oxygen atoms in total. The van der Waals surface area contributed by atoms with Crippen molar-refractivity contribution in [3.8, 4) is 11.5 Å². The van der Waals surface area contributed by atoms with Crippen molar-refractivity contribution >= 4 is 13.2 Å². The summed E-state index contributed by atoms with van der Waals surface area (Å²) < 4.78 is 36.9. The molecule has 128 valence electrons. The highest BCUT2D eigenvalue weighted by atomic mass is 19.1. The molecule has 24 heavy (non-hydrogen) atoms. The monoisotopic (exact) mass is 332 g/mol. The summed E-state index contributed by atoms with van der Waals surface area (Å²) in [4.78, 5) is 0. The summed E-state index contributed by atoms with van der Waals surface area (Å²) in [5, 5.41) is 0. The summed E-state index contributed by atoms with van der Waals surface area (Å²) in [7, 11) is 0.613. The zero-order valence-electron chi connectivity index (χ0n) is 14.7. The number of benzene rings is 1. The maximum atomic E-state index is 14.6. The zero-order chi connectivity index (χ0) is 17.5. The van der Waals surface area contributed by atoms with Gasteiger partial charge in [-0.05, 0) is 57.6 Å². The number of halogens is 1. The summed E-state index contributed by atoms with van der Waals surface area (Å²) in [5.74, 6) is 1.45. The fraction of sp³-hybridized carbons (Fsp3) is 0.444. The molecular weight excluding hydrogens is 310 g/mol. The van der Waals surface area contributed by atoms with Crippen LogP contribution in [0.5, 0.6) is 11.5 Å². The van der Waals surface area contributed by atoms with Crippen LogP contribution in [-0.2, 0) is 9.31 Å². The van der Waals surface area contributed by atoms with Gasteiger partial charge in [-0.25, -0.2) is 4.39 Å². The van der Waals surface area contributed by atoms with Crippen molar-refractivity contribution in [2.24, 2.45) is 0 Å². The predicted molar refractivity (Wildman–Crippen MR) is 91.7 cm³/mol. The van der Waals surface area contributed by atoms with E-state index in [1.165, 1.54) is 6.08 Å². The Balaban J connectivity index is 1.80. The van der Waals surface area contributed by atoms with Crippen LogP contribution in [0.25, 0.3) is 6.08 Å². The Morgan fingerprint density at radius 1 is 1.21 bits per heavy atom. The summed E-state index contributed by atoms with van der Waals surface area (Å²) >= 11 is 0. The van der Waals surface area contributed by atoms with Crippen LogP contribution in [0.2, 0.25) is 0 Å². The molecular formula is C18H22BFO4. The first-order valence-corrected chi connectivity index (χ1v) is 7.96.